The van der Waals surface area contributed by atoms with Gasteiger partial charge in [-0.1, -0.05) is 54.1 Å². The summed E-state index contributed by atoms with van der Waals surface area (Å²) in [7, 11) is 0. The maximum atomic E-state index is 14.1. The van der Waals surface area contributed by atoms with Crippen LogP contribution >= 0.6 is 0 Å². The summed E-state index contributed by atoms with van der Waals surface area (Å²) in [6, 6.07) is 14.6. The SMILES string of the molecule is Cc1cccc(-c2ccc([C@@H](Oc3cc(N4CCC5(CC4)CNC(C(=O)O)C5)nc(N)n3)C(F)(F)F)cc2)c1. The highest BCUT2D eigenvalue weighted by Gasteiger charge is 2.45. The molecule has 1 spiro atoms. The number of carboxylic acids is 1. The Morgan fingerprint density at radius 3 is 2.46 bits per heavy atom. The summed E-state index contributed by atoms with van der Waals surface area (Å²) in [4.78, 5) is 21.4. The van der Waals surface area contributed by atoms with E-state index in [2.05, 4.69) is 15.3 Å². The first-order chi connectivity index (χ1) is 18.5. The van der Waals surface area contributed by atoms with E-state index in [4.69, 9.17) is 10.5 Å². The second-order valence-corrected chi connectivity index (χ2v) is 10.4. The van der Waals surface area contributed by atoms with Crippen LogP contribution in [0.4, 0.5) is 24.9 Å². The van der Waals surface area contributed by atoms with Crippen molar-refractivity contribution in [1.29, 1.82) is 0 Å². The number of benzene rings is 2. The molecule has 4 N–H and O–H groups in total. The molecule has 39 heavy (non-hydrogen) atoms. The zero-order valence-corrected chi connectivity index (χ0v) is 21.4. The fourth-order valence-electron chi connectivity index (χ4n) is 5.45. The van der Waals surface area contributed by atoms with E-state index in [1.807, 2.05) is 36.1 Å². The second-order valence-electron chi connectivity index (χ2n) is 10.4. The van der Waals surface area contributed by atoms with E-state index in [1.165, 1.54) is 18.2 Å². The second kappa shape index (κ2) is 10.4. The number of nitrogens with two attached hydrogens (primary N) is 1. The first-order valence-electron chi connectivity index (χ1n) is 12.8. The van der Waals surface area contributed by atoms with Crippen LogP contribution in [0.3, 0.4) is 0 Å². The third-order valence-electron chi connectivity index (χ3n) is 7.61. The number of alkyl halides is 3. The van der Waals surface area contributed by atoms with Crippen LogP contribution in [-0.2, 0) is 4.79 Å². The fraction of sp³-hybridized carbons (Fsp3) is 0.393. The van der Waals surface area contributed by atoms with Crippen molar-refractivity contribution in [3.8, 4) is 17.0 Å². The Labute approximate surface area is 224 Å². The number of halogens is 3. The Bertz CT molecular complexity index is 1340. The number of anilines is 2. The molecule has 0 bridgehead atoms. The molecule has 2 aromatic carbocycles. The van der Waals surface area contributed by atoms with Gasteiger partial charge in [0.05, 0.1) is 0 Å². The van der Waals surface area contributed by atoms with Crippen LogP contribution in [-0.4, -0.2) is 52.9 Å². The van der Waals surface area contributed by atoms with Gasteiger partial charge < -0.3 is 25.8 Å². The molecule has 2 saturated heterocycles. The van der Waals surface area contributed by atoms with Gasteiger partial charge >= 0.3 is 12.1 Å². The van der Waals surface area contributed by atoms with Crippen molar-refractivity contribution in [3.05, 3.63) is 65.7 Å². The number of aryl methyl sites for hydroxylation is 1. The van der Waals surface area contributed by atoms with Crippen LogP contribution in [0, 0.1) is 12.3 Å². The van der Waals surface area contributed by atoms with Gasteiger partial charge in [0, 0.05) is 31.3 Å². The van der Waals surface area contributed by atoms with Crippen molar-refractivity contribution in [2.75, 3.05) is 30.3 Å². The largest absolute Gasteiger partial charge is 0.480 e. The van der Waals surface area contributed by atoms with Gasteiger partial charge in [-0.3, -0.25) is 4.79 Å². The van der Waals surface area contributed by atoms with E-state index >= 15 is 0 Å². The number of nitrogens with zero attached hydrogens (tertiary/aromatic N) is 3. The highest BCUT2D eigenvalue weighted by molar-refractivity contribution is 5.74. The molecule has 5 rings (SSSR count). The van der Waals surface area contributed by atoms with Crippen molar-refractivity contribution in [3.63, 3.8) is 0 Å². The van der Waals surface area contributed by atoms with E-state index in [1.54, 1.807) is 12.1 Å². The molecule has 8 nitrogen and oxygen atoms in total. The van der Waals surface area contributed by atoms with Crippen molar-refractivity contribution >= 4 is 17.7 Å². The Hall–Kier alpha value is -3.86. The van der Waals surface area contributed by atoms with Gasteiger partial charge in [0.15, 0.2) is 0 Å². The van der Waals surface area contributed by atoms with Gasteiger partial charge in [0.2, 0.25) is 17.9 Å². The zero-order valence-electron chi connectivity index (χ0n) is 21.4. The molecule has 2 aliphatic heterocycles. The predicted molar refractivity (Wildman–Crippen MR) is 140 cm³/mol. The fourth-order valence-corrected chi connectivity index (χ4v) is 5.45. The Balaban J connectivity index is 1.32. The lowest BCUT2D eigenvalue weighted by molar-refractivity contribution is -0.198. The smallest absolute Gasteiger partial charge is 0.429 e. The van der Waals surface area contributed by atoms with Gasteiger partial charge in [0.25, 0.3) is 0 Å². The minimum atomic E-state index is -4.70. The molecule has 1 unspecified atom stereocenters. The number of carboxylic acid groups (broad SMARTS) is 1. The maximum absolute atomic E-state index is 14.1. The summed E-state index contributed by atoms with van der Waals surface area (Å²) in [5, 5.41) is 12.4. The molecular formula is C28H30F3N5O3. The lowest BCUT2D eigenvalue weighted by Gasteiger charge is -2.39. The number of carbonyl (C=O) groups is 1. The topological polar surface area (TPSA) is 114 Å². The van der Waals surface area contributed by atoms with Crippen LogP contribution in [0.5, 0.6) is 5.88 Å². The molecule has 0 radical (unpaired) electrons. The molecule has 2 aliphatic rings. The van der Waals surface area contributed by atoms with Crippen LogP contribution in [0.2, 0.25) is 0 Å². The third kappa shape index (κ3) is 5.93. The van der Waals surface area contributed by atoms with E-state index in [9.17, 15) is 23.1 Å². The zero-order chi connectivity index (χ0) is 27.8. The monoisotopic (exact) mass is 541 g/mol. The number of nitrogen functional groups attached to an aromatic ring is 1. The van der Waals surface area contributed by atoms with Gasteiger partial charge in [-0.25, -0.2) is 0 Å². The summed E-state index contributed by atoms with van der Waals surface area (Å²) in [5.74, 6) is -0.934. The van der Waals surface area contributed by atoms with Gasteiger partial charge in [-0.2, -0.15) is 23.1 Å². The molecule has 11 heteroatoms. The number of piperidine rings is 1. The maximum Gasteiger partial charge on any atom is 0.429 e. The van der Waals surface area contributed by atoms with Gasteiger partial charge in [-0.05, 0) is 42.7 Å². The summed E-state index contributed by atoms with van der Waals surface area (Å²) < 4.78 is 47.8. The highest BCUT2D eigenvalue weighted by Crippen LogP contribution is 2.41. The van der Waals surface area contributed by atoms with Crippen LogP contribution in [0.15, 0.2) is 54.6 Å². The Morgan fingerprint density at radius 2 is 1.85 bits per heavy atom. The standard InChI is InChI=1S/C28H30F3N5O3/c1-17-3-2-4-20(13-17)18-5-7-19(8-6-18)24(28(29,30)31)39-23-14-22(34-26(32)35-23)36-11-9-27(10-12-36)15-21(25(37)38)33-16-27/h2-8,13-14,21,24,33H,9-12,15-16H2,1H3,(H,37,38)(H2,32,34,35)/t21?,24-/m1/s1. The first-order valence-corrected chi connectivity index (χ1v) is 12.8. The van der Waals surface area contributed by atoms with Crippen LogP contribution in [0.25, 0.3) is 11.1 Å². The number of aromatic nitrogens is 2. The average Bonchev–Trinajstić information content (AvgIpc) is 3.31. The van der Waals surface area contributed by atoms with Crippen LogP contribution in [0.1, 0.15) is 36.5 Å². The highest BCUT2D eigenvalue weighted by atomic mass is 19.4. The van der Waals surface area contributed by atoms with E-state index in [-0.39, 0.29) is 22.8 Å². The molecule has 206 valence electrons. The summed E-state index contributed by atoms with van der Waals surface area (Å²) >= 11 is 0. The normalized spacial score (nSPS) is 19.7. The molecule has 1 aromatic heterocycles. The average molecular weight is 542 g/mol. The van der Waals surface area contributed by atoms with E-state index < -0.39 is 24.3 Å². The van der Waals surface area contributed by atoms with E-state index in [0.29, 0.717) is 31.9 Å². The number of hydrogen-bond acceptors (Lipinski definition) is 7. The van der Waals surface area contributed by atoms with Crippen molar-refractivity contribution < 1.29 is 27.8 Å². The molecule has 2 fully saturated rings. The number of hydrogen-bond donors (Lipinski definition) is 3. The third-order valence-corrected chi connectivity index (χ3v) is 7.61. The molecule has 3 heterocycles. The minimum Gasteiger partial charge on any atom is -0.480 e. The molecule has 3 aromatic rings. The van der Waals surface area contributed by atoms with Crippen LogP contribution < -0.4 is 20.7 Å². The molecule has 0 amide bonds. The first kappa shape index (κ1) is 26.7. The lowest BCUT2D eigenvalue weighted by atomic mass is 9.76. The van der Waals surface area contributed by atoms with Crippen molar-refractivity contribution in [2.45, 2.75) is 44.5 Å². The van der Waals surface area contributed by atoms with Crippen molar-refractivity contribution in [1.82, 2.24) is 15.3 Å². The number of rotatable bonds is 6. The van der Waals surface area contributed by atoms with E-state index in [0.717, 1.165) is 29.5 Å². The van der Waals surface area contributed by atoms with Gasteiger partial charge in [-0.15, -0.1) is 0 Å². The van der Waals surface area contributed by atoms with Gasteiger partial charge in [0.1, 0.15) is 11.9 Å². The number of nitrogens with one attached hydrogen (secondary N) is 1. The Kier molecular flexibility index (Phi) is 7.11. The molecule has 0 aliphatic carbocycles. The summed E-state index contributed by atoms with van der Waals surface area (Å²) in [6.07, 6.45) is -4.94. The number of ether oxygens (including phenoxy) is 1. The molecule has 2 atom stereocenters. The summed E-state index contributed by atoms with van der Waals surface area (Å²) in [5.41, 5.74) is 8.45. The molecular weight excluding hydrogens is 511 g/mol. The quantitative estimate of drug-likeness (QED) is 0.410. The minimum absolute atomic E-state index is 0.0562. The molecule has 0 saturated carbocycles. The van der Waals surface area contributed by atoms with Crippen molar-refractivity contribution in [2.24, 2.45) is 5.41 Å². The lowest BCUT2D eigenvalue weighted by Crippen LogP contribution is -2.41. The predicted octanol–water partition coefficient (Wildman–Crippen LogP) is 4.75. The number of aliphatic carboxylic acids is 1. The summed E-state index contributed by atoms with van der Waals surface area (Å²) in [6.45, 7) is 3.70. The Morgan fingerprint density at radius 1 is 1.13 bits per heavy atom.